The minimum Gasteiger partial charge on any atom is -0.482 e. The van der Waals surface area contributed by atoms with E-state index in [0.29, 0.717) is 23.7 Å². The molecule has 1 aromatic carbocycles. The Morgan fingerprint density at radius 1 is 1.43 bits per heavy atom. The Bertz CT molecular complexity index is 546. The number of ether oxygens (including phenoxy) is 2. The van der Waals surface area contributed by atoms with E-state index in [1.807, 2.05) is 13.0 Å². The smallest absolute Gasteiger partial charge is 0.328 e. The summed E-state index contributed by atoms with van der Waals surface area (Å²) in [7, 11) is 1.33. The van der Waals surface area contributed by atoms with Gasteiger partial charge in [-0.25, -0.2) is 4.79 Å². The van der Waals surface area contributed by atoms with Gasteiger partial charge in [-0.1, -0.05) is 17.7 Å². The van der Waals surface area contributed by atoms with Crippen molar-refractivity contribution in [2.24, 2.45) is 0 Å². The number of amides is 1. The SMILES string of the molecule is COC(=O)C1CCCN1C(=O)COc1cc(C)ccc1Cl. The van der Waals surface area contributed by atoms with Gasteiger partial charge in [-0.05, 0) is 37.5 Å². The first-order valence-corrected chi connectivity index (χ1v) is 7.17. The van der Waals surface area contributed by atoms with Crippen LogP contribution in [0.2, 0.25) is 5.02 Å². The normalized spacial score (nSPS) is 17.7. The number of carbonyl (C=O) groups is 2. The van der Waals surface area contributed by atoms with E-state index >= 15 is 0 Å². The van der Waals surface area contributed by atoms with Crippen molar-refractivity contribution in [2.45, 2.75) is 25.8 Å². The molecular formula is C15H18ClNO4. The summed E-state index contributed by atoms with van der Waals surface area (Å²) in [6.07, 6.45) is 1.42. The van der Waals surface area contributed by atoms with Crippen LogP contribution in [-0.4, -0.2) is 43.1 Å². The van der Waals surface area contributed by atoms with Crippen LogP contribution in [0, 0.1) is 6.92 Å². The van der Waals surface area contributed by atoms with Gasteiger partial charge in [-0.3, -0.25) is 4.79 Å². The summed E-state index contributed by atoms with van der Waals surface area (Å²) in [5.74, 6) is -0.145. The van der Waals surface area contributed by atoms with Crippen LogP contribution in [0.1, 0.15) is 18.4 Å². The molecule has 114 valence electrons. The Hall–Kier alpha value is -1.75. The third-order valence-electron chi connectivity index (χ3n) is 3.48. The molecule has 1 amide bonds. The third-order valence-corrected chi connectivity index (χ3v) is 3.80. The predicted molar refractivity (Wildman–Crippen MR) is 78.4 cm³/mol. The molecule has 5 nitrogen and oxygen atoms in total. The molecule has 0 aromatic heterocycles. The minimum absolute atomic E-state index is 0.142. The highest BCUT2D eigenvalue weighted by Crippen LogP contribution is 2.25. The molecule has 1 aliphatic rings. The molecule has 1 aromatic rings. The van der Waals surface area contributed by atoms with Crippen molar-refractivity contribution in [2.75, 3.05) is 20.3 Å². The van der Waals surface area contributed by atoms with E-state index in [2.05, 4.69) is 0 Å². The highest BCUT2D eigenvalue weighted by atomic mass is 35.5. The number of hydrogen-bond acceptors (Lipinski definition) is 4. The average Bonchev–Trinajstić information content (AvgIpc) is 2.96. The van der Waals surface area contributed by atoms with Gasteiger partial charge in [0.2, 0.25) is 0 Å². The highest BCUT2D eigenvalue weighted by molar-refractivity contribution is 6.32. The van der Waals surface area contributed by atoms with E-state index in [0.717, 1.165) is 12.0 Å². The maximum Gasteiger partial charge on any atom is 0.328 e. The van der Waals surface area contributed by atoms with Crippen molar-refractivity contribution in [1.29, 1.82) is 0 Å². The van der Waals surface area contributed by atoms with E-state index in [1.54, 1.807) is 12.1 Å². The number of aryl methyl sites for hydroxylation is 1. The van der Waals surface area contributed by atoms with E-state index in [-0.39, 0.29) is 18.5 Å². The quantitative estimate of drug-likeness (QED) is 0.800. The van der Waals surface area contributed by atoms with Gasteiger partial charge in [0.25, 0.3) is 5.91 Å². The van der Waals surface area contributed by atoms with E-state index in [4.69, 9.17) is 21.1 Å². The van der Waals surface area contributed by atoms with Crippen molar-refractivity contribution in [3.8, 4) is 5.75 Å². The van der Waals surface area contributed by atoms with E-state index in [9.17, 15) is 9.59 Å². The fourth-order valence-electron chi connectivity index (χ4n) is 2.39. The fraction of sp³-hybridized carbons (Fsp3) is 0.467. The molecule has 1 atom stereocenters. The Morgan fingerprint density at radius 3 is 2.90 bits per heavy atom. The summed E-state index contributed by atoms with van der Waals surface area (Å²) in [6.45, 7) is 2.32. The number of likely N-dealkylation sites (tertiary alicyclic amines) is 1. The number of halogens is 1. The molecule has 1 unspecified atom stereocenters. The van der Waals surface area contributed by atoms with E-state index in [1.165, 1.54) is 12.0 Å². The number of carbonyl (C=O) groups excluding carboxylic acids is 2. The first kappa shape index (κ1) is 15.6. The predicted octanol–water partition coefficient (Wildman–Crippen LogP) is 2.19. The Labute approximate surface area is 128 Å². The van der Waals surface area contributed by atoms with Crippen LogP contribution in [0.15, 0.2) is 18.2 Å². The minimum atomic E-state index is -0.501. The Kier molecular flexibility index (Phi) is 5.07. The largest absolute Gasteiger partial charge is 0.482 e. The lowest BCUT2D eigenvalue weighted by molar-refractivity contribution is -0.151. The lowest BCUT2D eigenvalue weighted by Gasteiger charge is -2.22. The topological polar surface area (TPSA) is 55.8 Å². The zero-order chi connectivity index (χ0) is 15.4. The second-order valence-corrected chi connectivity index (χ2v) is 5.40. The summed E-state index contributed by atoms with van der Waals surface area (Å²) >= 11 is 6.02. The number of rotatable bonds is 4. The van der Waals surface area contributed by atoms with Crippen LogP contribution in [0.4, 0.5) is 0 Å². The maximum atomic E-state index is 12.2. The van der Waals surface area contributed by atoms with Crippen LogP contribution < -0.4 is 4.74 Å². The number of methoxy groups -OCH3 is 1. The molecule has 0 spiro atoms. The van der Waals surface area contributed by atoms with Gasteiger partial charge in [-0.2, -0.15) is 0 Å². The number of hydrogen-bond donors (Lipinski definition) is 0. The Morgan fingerprint density at radius 2 is 2.19 bits per heavy atom. The van der Waals surface area contributed by atoms with Gasteiger partial charge < -0.3 is 14.4 Å². The molecule has 0 bridgehead atoms. The highest BCUT2D eigenvalue weighted by Gasteiger charge is 2.34. The molecule has 0 aliphatic carbocycles. The molecule has 1 heterocycles. The fourth-order valence-corrected chi connectivity index (χ4v) is 2.56. The van der Waals surface area contributed by atoms with Crippen LogP contribution >= 0.6 is 11.6 Å². The molecular weight excluding hydrogens is 294 g/mol. The monoisotopic (exact) mass is 311 g/mol. The summed E-state index contributed by atoms with van der Waals surface area (Å²) in [5, 5.41) is 0.458. The van der Waals surface area contributed by atoms with Crippen LogP contribution in [0.25, 0.3) is 0 Å². The van der Waals surface area contributed by atoms with Gasteiger partial charge in [0.15, 0.2) is 6.61 Å². The second-order valence-electron chi connectivity index (χ2n) is 4.99. The van der Waals surface area contributed by atoms with Crippen molar-refractivity contribution in [3.63, 3.8) is 0 Å². The zero-order valence-electron chi connectivity index (χ0n) is 12.1. The van der Waals surface area contributed by atoms with Crippen molar-refractivity contribution in [3.05, 3.63) is 28.8 Å². The average molecular weight is 312 g/mol. The lowest BCUT2D eigenvalue weighted by Crippen LogP contribution is -2.43. The van der Waals surface area contributed by atoms with Crippen LogP contribution in [0.3, 0.4) is 0 Å². The van der Waals surface area contributed by atoms with E-state index < -0.39 is 6.04 Å². The van der Waals surface area contributed by atoms with Crippen molar-refractivity contribution < 1.29 is 19.1 Å². The molecule has 6 heteroatoms. The lowest BCUT2D eigenvalue weighted by atomic mass is 10.2. The van der Waals surface area contributed by atoms with Gasteiger partial charge in [-0.15, -0.1) is 0 Å². The number of benzene rings is 1. The van der Waals surface area contributed by atoms with Crippen molar-refractivity contribution >= 4 is 23.5 Å². The number of esters is 1. The van der Waals surface area contributed by atoms with Crippen LogP contribution in [0.5, 0.6) is 5.75 Å². The first-order chi connectivity index (χ1) is 10.0. The molecule has 1 aliphatic heterocycles. The molecule has 21 heavy (non-hydrogen) atoms. The summed E-state index contributed by atoms with van der Waals surface area (Å²) in [5.41, 5.74) is 0.996. The second kappa shape index (κ2) is 6.80. The summed E-state index contributed by atoms with van der Waals surface area (Å²) in [4.78, 5) is 25.3. The molecule has 0 radical (unpaired) electrons. The number of nitrogens with zero attached hydrogens (tertiary/aromatic N) is 1. The van der Waals surface area contributed by atoms with Crippen molar-refractivity contribution in [1.82, 2.24) is 4.90 Å². The molecule has 1 fully saturated rings. The maximum absolute atomic E-state index is 12.2. The molecule has 0 N–H and O–H groups in total. The molecule has 2 rings (SSSR count). The first-order valence-electron chi connectivity index (χ1n) is 6.79. The standard InChI is InChI=1S/C15H18ClNO4/c1-10-5-6-11(16)13(8-10)21-9-14(18)17-7-3-4-12(17)15(19)20-2/h5-6,8,12H,3-4,7,9H2,1-2H3. The molecule has 1 saturated heterocycles. The van der Waals surface area contributed by atoms with Crippen LogP contribution in [-0.2, 0) is 14.3 Å². The summed E-state index contributed by atoms with van der Waals surface area (Å²) < 4.78 is 10.2. The Balaban J connectivity index is 1.98. The third kappa shape index (κ3) is 3.67. The molecule has 0 saturated carbocycles. The van der Waals surface area contributed by atoms with Gasteiger partial charge in [0.05, 0.1) is 12.1 Å². The van der Waals surface area contributed by atoms with Gasteiger partial charge in [0.1, 0.15) is 11.8 Å². The zero-order valence-corrected chi connectivity index (χ0v) is 12.9. The van der Waals surface area contributed by atoms with Gasteiger partial charge in [0, 0.05) is 6.54 Å². The van der Waals surface area contributed by atoms with Gasteiger partial charge >= 0.3 is 5.97 Å². The summed E-state index contributed by atoms with van der Waals surface area (Å²) in [6, 6.07) is 4.87.